The Kier molecular flexibility index (Phi) is 4.14. The van der Waals surface area contributed by atoms with Crippen molar-refractivity contribution in [1.29, 1.82) is 0 Å². The summed E-state index contributed by atoms with van der Waals surface area (Å²) in [4.78, 5) is 0. The third kappa shape index (κ3) is 2.70. The second-order valence-corrected chi connectivity index (χ2v) is 5.31. The molecule has 1 aromatic heterocycles. The van der Waals surface area contributed by atoms with Gasteiger partial charge in [0.1, 0.15) is 5.75 Å². The van der Waals surface area contributed by atoms with Crippen molar-refractivity contribution in [1.82, 2.24) is 9.78 Å². The highest BCUT2D eigenvalue weighted by Crippen LogP contribution is 2.24. The molecule has 0 fully saturated rings. The van der Waals surface area contributed by atoms with Gasteiger partial charge in [0.05, 0.1) is 19.3 Å². The number of aryl methyl sites for hydroxylation is 1. The van der Waals surface area contributed by atoms with Gasteiger partial charge in [-0.2, -0.15) is 5.10 Å². The topological polar surface area (TPSA) is 53.1 Å². The SMILES string of the molecule is COc1ccc(C(C)N)cc1Cn1nc(C)c(C)c1C. The predicted molar refractivity (Wildman–Crippen MR) is 81.1 cm³/mol. The van der Waals surface area contributed by atoms with E-state index in [4.69, 9.17) is 10.5 Å². The van der Waals surface area contributed by atoms with Gasteiger partial charge in [0.25, 0.3) is 0 Å². The van der Waals surface area contributed by atoms with Crippen molar-refractivity contribution in [3.05, 3.63) is 46.3 Å². The quantitative estimate of drug-likeness (QED) is 0.932. The number of ether oxygens (including phenoxy) is 1. The summed E-state index contributed by atoms with van der Waals surface area (Å²) in [6.45, 7) is 8.92. The summed E-state index contributed by atoms with van der Waals surface area (Å²) in [5.74, 6) is 0.875. The van der Waals surface area contributed by atoms with Gasteiger partial charge in [-0.1, -0.05) is 6.07 Å². The Labute approximate surface area is 120 Å². The van der Waals surface area contributed by atoms with Crippen LogP contribution in [-0.4, -0.2) is 16.9 Å². The van der Waals surface area contributed by atoms with Crippen molar-refractivity contribution < 1.29 is 4.74 Å². The van der Waals surface area contributed by atoms with Crippen molar-refractivity contribution in [3.63, 3.8) is 0 Å². The van der Waals surface area contributed by atoms with Crippen molar-refractivity contribution in [2.24, 2.45) is 5.73 Å². The lowest BCUT2D eigenvalue weighted by Crippen LogP contribution is -2.09. The first-order valence-corrected chi connectivity index (χ1v) is 6.87. The minimum absolute atomic E-state index is 0.0156. The molecule has 1 aromatic carbocycles. The van der Waals surface area contributed by atoms with Crippen LogP contribution in [0, 0.1) is 20.8 Å². The maximum absolute atomic E-state index is 5.96. The molecule has 0 saturated carbocycles. The third-order valence-corrected chi connectivity index (χ3v) is 3.89. The van der Waals surface area contributed by atoms with E-state index in [1.807, 2.05) is 30.7 Å². The molecule has 0 aliphatic rings. The van der Waals surface area contributed by atoms with Crippen LogP contribution < -0.4 is 10.5 Å². The number of hydrogen-bond acceptors (Lipinski definition) is 3. The van der Waals surface area contributed by atoms with Gasteiger partial charge in [0, 0.05) is 17.3 Å². The van der Waals surface area contributed by atoms with Crippen molar-refractivity contribution >= 4 is 0 Å². The first-order chi connectivity index (χ1) is 9.43. The monoisotopic (exact) mass is 273 g/mol. The van der Waals surface area contributed by atoms with Crippen molar-refractivity contribution in [3.8, 4) is 5.75 Å². The van der Waals surface area contributed by atoms with E-state index in [0.29, 0.717) is 6.54 Å². The number of hydrogen-bond donors (Lipinski definition) is 1. The molecule has 2 rings (SSSR count). The summed E-state index contributed by atoms with van der Waals surface area (Å²) < 4.78 is 7.47. The summed E-state index contributed by atoms with van der Waals surface area (Å²) >= 11 is 0. The van der Waals surface area contributed by atoms with E-state index in [-0.39, 0.29) is 6.04 Å². The normalized spacial score (nSPS) is 12.5. The van der Waals surface area contributed by atoms with E-state index < -0.39 is 0 Å². The fraction of sp³-hybridized carbons (Fsp3) is 0.438. The smallest absolute Gasteiger partial charge is 0.123 e. The van der Waals surface area contributed by atoms with Crippen LogP contribution in [0.4, 0.5) is 0 Å². The van der Waals surface area contributed by atoms with Gasteiger partial charge in [0.2, 0.25) is 0 Å². The second kappa shape index (κ2) is 5.67. The molecule has 0 bridgehead atoms. The fourth-order valence-corrected chi connectivity index (χ4v) is 2.31. The maximum Gasteiger partial charge on any atom is 0.123 e. The van der Waals surface area contributed by atoms with Gasteiger partial charge in [0.15, 0.2) is 0 Å². The van der Waals surface area contributed by atoms with Crippen LogP contribution in [0.1, 0.15) is 41.0 Å². The van der Waals surface area contributed by atoms with E-state index in [1.165, 1.54) is 11.3 Å². The van der Waals surface area contributed by atoms with E-state index in [0.717, 1.165) is 22.6 Å². The third-order valence-electron chi connectivity index (χ3n) is 3.89. The van der Waals surface area contributed by atoms with Crippen LogP contribution in [0.25, 0.3) is 0 Å². The molecule has 0 spiro atoms. The number of benzene rings is 1. The van der Waals surface area contributed by atoms with E-state index in [9.17, 15) is 0 Å². The molecule has 20 heavy (non-hydrogen) atoms. The summed E-state index contributed by atoms with van der Waals surface area (Å²) in [6, 6.07) is 6.11. The first kappa shape index (κ1) is 14.6. The second-order valence-electron chi connectivity index (χ2n) is 5.31. The number of aromatic nitrogens is 2. The van der Waals surface area contributed by atoms with Crippen molar-refractivity contribution in [2.75, 3.05) is 7.11 Å². The number of nitrogens with zero attached hydrogens (tertiary/aromatic N) is 2. The zero-order chi connectivity index (χ0) is 14.9. The fourth-order valence-electron chi connectivity index (χ4n) is 2.31. The maximum atomic E-state index is 5.96. The molecule has 0 amide bonds. The average molecular weight is 273 g/mol. The van der Waals surface area contributed by atoms with E-state index >= 15 is 0 Å². The lowest BCUT2D eigenvalue weighted by Gasteiger charge is -2.13. The molecule has 0 aliphatic carbocycles. The number of nitrogens with two attached hydrogens (primary N) is 1. The Morgan fingerprint density at radius 1 is 1.30 bits per heavy atom. The molecule has 1 heterocycles. The minimum Gasteiger partial charge on any atom is -0.496 e. The van der Waals surface area contributed by atoms with Gasteiger partial charge in [-0.15, -0.1) is 0 Å². The molecule has 2 aromatic rings. The molecule has 0 aliphatic heterocycles. The Morgan fingerprint density at radius 3 is 2.50 bits per heavy atom. The van der Waals surface area contributed by atoms with Gasteiger partial charge < -0.3 is 10.5 Å². The largest absolute Gasteiger partial charge is 0.496 e. The summed E-state index contributed by atoms with van der Waals surface area (Å²) in [5.41, 5.74) is 11.7. The molecule has 0 radical (unpaired) electrons. The van der Waals surface area contributed by atoms with E-state index in [1.54, 1.807) is 7.11 Å². The highest BCUT2D eigenvalue weighted by molar-refractivity contribution is 5.39. The van der Waals surface area contributed by atoms with Gasteiger partial charge in [-0.05, 0) is 51.0 Å². The molecule has 1 atom stereocenters. The predicted octanol–water partition coefficient (Wildman–Crippen LogP) is 2.88. The molecule has 2 N–H and O–H groups in total. The Hall–Kier alpha value is -1.81. The lowest BCUT2D eigenvalue weighted by atomic mass is 10.0. The minimum atomic E-state index is 0.0156. The summed E-state index contributed by atoms with van der Waals surface area (Å²) in [6.07, 6.45) is 0. The average Bonchev–Trinajstić information content (AvgIpc) is 2.66. The first-order valence-electron chi connectivity index (χ1n) is 6.87. The summed E-state index contributed by atoms with van der Waals surface area (Å²) in [7, 11) is 1.69. The Morgan fingerprint density at radius 2 is 2.00 bits per heavy atom. The molecule has 108 valence electrons. The van der Waals surface area contributed by atoms with Crippen LogP contribution in [0.5, 0.6) is 5.75 Å². The van der Waals surface area contributed by atoms with Crippen LogP contribution >= 0.6 is 0 Å². The molecule has 4 nitrogen and oxygen atoms in total. The standard InChI is InChI=1S/C16H23N3O/c1-10-12(3)18-19(13(10)4)9-15-8-14(11(2)17)6-7-16(15)20-5/h6-8,11H,9,17H2,1-5H3. The van der Waals surface area contributed by atoms with Crippen molar-refractivity contribution in [2.45, 2.75) is 40.3 Å². The molecular formula is C16H23N3O. The lowest BCUT2D eigenvalue weighted by molar-refractivity contribution is 0.406. The summed E-state index contributed by atoms with van der Waals surface area (Å²) in [5, 5.41) is 4.58. The highest BCUT2D eigenvalue weighted by atomic mass is 16.5. The van der Waals surface area contributed by atoms with E-state index in [2.05, 4.69) is 25.0 Å². The number of methoxy groups -OCH3 is 1. The van der Waals surface area contributed by atoms with Gasteiger partial charge in [-0.3, -0.25) is 4.68 Å². The molecule has 4 heteroatoms. The molecule has 0 saturated heterocycles. The van der Waals surface area contributed by atoms with Gasteiger partial charge in [-0.25, -0.2) is 0 Å². The molecular weight excluding hydrogens is 250 g/mol. The Bertz CT molecular complexity index is 614. The zero-order valence-corrected chi connectivity index (χ0v) is 12.9. The van der Waals surface area contributed by atoms with Crippen LogP contribution in [-0.2, 0) is 6.54 Å². The van der Waals surface area contributed by atoms with Crippen LogP contribution in [0.15, 0.2) is 18.2 Å². The van der Waals surface area contributed by atoms with Gasteiger partial charge >= 0.3 is 0 Å². The van der Waals surface area contributed by atoms with Crippen LogP contribution in [0.3, 0.4) is 0 Å². The zero-order valence-electron chi connectivity index (χ0n) is 12.9. The highest BCUT2D eigenvalue weighted by Gasteiger charge is 2.12. The molecule has 1 unspecified atom stereocenters. The Balaban J connectivity index is 2.40. The number of rotatable bonds is 4. The van der Waals surface area contributed by atoms with Crippen LogP contribution in [0.2, 0.25) is 0 Å².